The van der Waals surface area contributed by atoms with Gasteiger partial charge in [-0.2, -0.15) is 0 Å². The Bertz CT molecular complexity index is 872. The van der Waals surface area contributed by atoms with Crippen molar-refractivity contribution < 1.29 is 19.4 Å². The lowest BCUT2D eigenvalue weighted by Gasteiger charge is -2.34. The molecular weight excluding hydrogens is 380 g/mol. The van der Waals surface area contributed by atoms with Gasteiger partial charge in [0.1, 0.15) is 12.7 Å². The Labute approximate surface area is 177 Å². The Balaban J connectivity index is 1.25. The predicted molar refractivity (Wildman–Crippen MR) is 115 cm³/mol. The summed E-state index contributed by atoms with van der Waals surface area (Å²) in [5.74, 6) is 1.51. The van der Waals surface area contributed by atoms with Crippen LogP contribution in [0.15, 0.2) is 42.5 Å². The maximum Gasteiger partial charge on any atom is 0.254 e. The standard InChI is InChI=1S/C24H30N2O4/c1-16-6-5-7-17(2)23(16)24(28)26-12-10-18(11-13-26)25-14-19(27)22-15-29-20-8-3-4-9-21(20)30-22/h3-9,18-19,22,25,27H,10-15H2,1-2H3. The fourth-order valence-corrected chi connectivity index (χ4v) is 4.24. The van der Waals surface area contributed by atoms with Crippen molar-refractivity contribution in [2.75, 3.05) is 26.2 Å². The van der Waals surface area contributed by atoms with Crippen LogP contribution in [0.25, 0.3) is 0 Å². The summed E-state index contributed by atoms with van der Waals surface area (Å²) in [6.07, 6.45) is 0.688. The van der Waals surface area contributed by atoms with Crippen LogP contribution >= 0.6 is 0 Å². The van der Waals surface area contributed by atoms with Crippen molar-refractivity contribution >= 4 is 5.91 Å². The SMILES string of the molecule is Cc1cccc(C)c1C(=O)N1CCC(NCC(O)C2COc3ccccc3O2)CC1. The van der Waals surface area contributed by atoms with Gasteiger partial charge in [-0.1, -0.05) is 30.3 Å². The third-order valence-corrected chi connectivity index (χ3v) is 6.05. The summed E-state index contributed by atoms with van der Waals surface area (Å²) in [5, 5.41) is 14.0. The molecule has 0 aliphatic carbocycles. The van der Waals surface area contributed by atoms with Crippen molar-refractivity contribution in [2.24, 2.45) is 0 Å². The van der Waals surface area contributed by atoms with E-state index in [1.165, 1.54) is 0 Å². The maximum absolute atomic E-state index is 13.0. The summed E-state index contributed by atoms with van der Waals surface area (Å²) in [6, 6.07) is 13.8. The number of fused-ring (bicyclic) bond motifs is 1. The average molecular weight is 411 g/mol. The van der Waals surface area contributed by atoms with Crippen LogP contribution in [0.5, 0.6) is 11.5 Å². The third kappa shape index (κ3) is 4.45. The Morgan fingerprint density at radius 3 is 2.47 bits per heavy atom. The van der Waals surface area contributed by atoms with Crippen molar-refractivity contribution in [2.45, 2.75) is 44.9 Å². The van der Waals surface area contributed by atoms with Gasteiger partial charge in [0, 0.05) is 31.2 Å². The van der Waals surface area contributed by atoms with Gasteiger partial charge in [0.25, 0.3) is 5.91 Å². The number of nitrogens with one attached hydrogen (secondary N) is 1. The number of hydrogen-bond donors (Lipinski definition) is 2. The molecule has 2 aromatic carbocycles. The molecule has 6 nitrogen and oxygen atoms in total. The Hall–Kier alpha value is -2.57. The zero-order chi connectivity index (χ0) is 21.1. The van der Waals surface area contributed by atoms with E-state index in [1.54, 1.807) is 0 Å². The quantitative estimate of drug-likeness (QED) is 0.793. The second-order valence-corrected chi connectivity index (χ2v) is 8.22. The minimum atomic E-state index is -0.660. The number of aryl methyl sites for hydroxylation is 2. The van der Waals surface area contributed by atoms with E-state index in [2.05, 4.69) is 5.32 Å². The zero-order valence-corrected chi connectivity index (χ0v) is 17.6. The molecule has 2 unspecified atom stereocenters. The first-order valence-electron chi connectivity index (χ1n) is 10.7. The number of piperidine rings is 1. The zero-order valence-electron chi connectivity index (χ0n) is 17.6. The van der Waals surface area contributed by atoms with Gasteiger partial charge >= 0.3 is 0 Å². The lowest BCUT2D eigenvalue weighted by Crippen LogP contribution is -2.50. The molecule has 2 heterocycles. The minimum absolute atomic E-state index is 0.121. The molecular formula is C24H30N2O4. The van der Waals surface area contributed by atoms with Crippen LogP contribution in [0, 0.1) is 13.8 Å². The number of carbonyl (C=O) groups is 1. The summed E-state index contributed by atoms with van der Waals surface area (Å²) >= 11 is 0. The molecule has 2 aliphatic rings. The summed E-state index contributed by atoms with van der Waals surface area (Å²) in [5.41, 5.74) is 2.88. The monoisotopic (exact) mass is 410 g/mol. The molecule has 0 saturated carbocycles. The molecule has 30 heavy (non-hydrogen) atoms. The van der Waals surface area contributed by atoms with Gasteiger partial charge in [0.05, 0.1) is 0 Å². The van der Waals surface area contributed by atoms with Gasteiger partial charge in [-0.05, 0) is 49.9 Å². The first kappa shape index (κ1) is 20.7. The molecule has 1 amide bonds. The number of ether oxygens (including phenoxy) is 2. The Kier molecular flexibility index (Phi) is 6.25. The molecule has 160 valence electrons. The molecule has 6 heteroatoms. The molecule has 0 bridgehead atoms. The van der Waals surface area contributed by atoms with Crippen LogP contribution in [0.2, 0.25) is 0 Å². The lowest BCUT2D eigenvalue weighted by molar-refractivity contribution is -0.0109. The highest BCUT2D eigenvalue weighted by Crippen LogP contribution is 2.31. The molecule has 4 rings (SSSR count). The second kappa shape index (κ2) is 9.06. The highest BCUT2D eigenvalue weighted by atomic mass is 16.6. The van der Waals surface area contributed by atoms with Crippen molar-refractivity contribution in [3.8, 4) is 11.5 Å². The van der Waals surface area contributed by atoms with Crippen molar-refractivity contribution in [1.82, 2.24) is 10.2 Å². The van der Waals surface area contributed by atoms with E-state index >= 15 is 0 Å². The number of benzene rings is 2. The first-order chi connectivity index (χ1) is 14.5. The first-order valence-corrected chi connectivity index (χ1v) is 10.7. The summed E-state index contributed by atoms with van der Waals surface area (Å²) in [6.45, 7) is 6.19. The van der Waals surface area contributed by atoms with Crippen molar-refractivity contribution in [3.05, 3.63) is 59.2 Å². The number of amides is 1. The Morgan fingerprint density at radius 1 is 1.10 bits per heavy atom. The molecule has 2 N–H and O–H groups in total. The Morgan fingerprint density at radius 2 is 1.77 bits per heavy atom. The number of rotatable bonds is 5. The molecule has 0 radical (unpaired) electrons. The molecule has 1 fully saturated rings. The number of nitrogens with zero attached hydrogens (tertiary/aromatic N) is 1. The van der Waals surface area contributed by atoms with Gasteiger partial charge in [-0.15, -0.1) is 0 Å². The highest BCUT2D eigenvalue weighted by Gasteiger charge is 2.29. The highest BCUT2D eigenvalue weighted by molar-refractivity contribution is 5.97. The summed E-state index contributed by atoms with van der Waals surface area (Å²) in [7, 11) is 0. The van der Waals surface area contributed by atoms with E-state index in [0.717, 1.165) is 48.4 Å². The maximum atomic E-state index is 13.0. The van der Waals surface area contributed by atoms with Gasteiger partial charge in [0.2, 0.25) is 0 Å². The van der Waals surface area contributed by atoms with E-state index in [9.17, 15) is 9.90 Å². The van der Waals surface area contributed by atoms with Crippen LogP contribution in [0.1, 0.15) is 34.3 Å². The van der Waals surface area contributed by atoms with Gasteiger partial charge in [-0.25, -0.2) is 0 Å². The number of carbonyl (C=O) groups excluding carboxylic acids is 1. The number of aliphatic hydroxyl groups excluding tert-OH is 1. The van der Waals surface area contributed by atoms with Crippen LogP contribution in [-0.4, -0.2) is 60.4 Å². The predicted octanol–water partition coefficient (Wildman–Crippen LogP) is 2.70. The van der Waals surface area contributed by atoms with E-state index in [4.69, 9.17) is 9.47 Å². The van der Waals surface area contributed by atoms with E-state index in [-0.39, 0.29) is 11.9 Å². The molecule has 0 spiro atoms. The second-order valence-electron chi connectivity index (χ2n) is 8.22. The van der Waals surface area contributed by atoms with Gasteiger partial charge < -0.3 is 24.8 Å². The van der Waals surface area contributed by atoms with Crippen LogP contribution in [0.3, 0.4) is 0 Å². The third-order valence-electron chi connectivity index (χ3n) is 6.05. The molecule has 2 atom stereocenters. The lowest BCUT2D eigenvalue weighted by atomic mass is 9.99. The van der Waals surface area contributed by atoms with E-state index in [1.807, 2.05) is 61.2 Å². The smallest absolute Gasteiger partial charge is 0.254 e. The van der Waals surface area contributed by atoms with E-state index < -0.39 is 12.2 Å². The van der Waals surface area contributed by atoms with E-state index in [0.29, 0.717) is 18.9 Å². The minimum Gasteiger partial charge on any atom is -0.486 e. The molecule has 0 aromatic heterocycles. The summed E-state index contributed by atoms with van der Waals surface area (Å²) < 4.78 is 11.6. The summed E-state index contributed by atoms with van der Waals surface area (Å²) in [4.78, 5) is 14.9. The molecule has 2 aliphatic heterocycles. The van der Waals surface area contributed by atoms with Crippen LogP contribution in [0.4, 0.5) is 0 Å². The number of hydrogen-bond acceptors (Lipinski definition) is 5. The van der Waals surface area contributed by atoms with Crippen LogP contribution < -0.4 is 14.8 Å². The molecule has 1 saturated heterocycles. The fourth-order valence-electron chi connectivity index (χ4n) is 4.24. The van der Waals surface area contributed by atoms with Crippen molar-refractivity contribution in [3.63, 3.8) is 0 Å². The number of aliphatic hydroxyl groups is 1. The molecule has 2 aromatic rings. The fraction of sp³-hybridized carbons (Fsp3) is 0.458. The van der Waals surface area contributed by atoms with Crippen LogP contribution in [-0.2, 0) is 0 Å². The van der Waals surface area contributed by atoms with Gasteiger partial charge in [-0.3, -0.25) is 4.79 Å². The normalized spacial score (nSPS) is 20.1. The average Bonchev–Trinajstić information content (AvgIpc) is 2.77. The number of para-hydroxylation sites is 2. The van der Waals surface area contributed by atoms with Gasteiger partial charge in [0.15, 0.2) is 17.6 Å². The largest absolute Gasteiger partial charge is 0.486 e. The topological polar surface area (TPSA) is 71.0 Å². The van der Waals surface area contributed by atoms with Crippen molar-refractivity contribution in [1.29, 1.82) is 0 Å². The number of likely N-dealkylation sites (tertiary alicyclic amines) is 1.